The Balaban J connectivity index is 4.37. The van der Waals surface area contributed by atoms with E-state index in [0.717, 1.165) is 18.4 Å². The molecule has 2 heteroatoms. The van der Waals surface area contributed by atoms with E-state index in [2.05, 4.69) is 6.58 Å². The van der Waals surface area contributed by atoms with E-state index in [1.807, 2.05) is 27.7 Å². The third kappa shape index (κ3) is 3.62. The van der Waals surface area contributed by atoms with Gasteiger partial charge in [0.25, 0.3) is 0 Å². The summed E-state index contributed by atoms with van der Waals surface area (Å²) in [6.07, 6.45) is 2.02. The number of Topliss-reactive ketones (excluding diaryl/α,β-unsaturated/α-hetero) is 1. The molecule has 0 aliphatic heterocycles. The van der Waals surface area contributed by atoms with Gasteiger partial charge in [0.2, 0.25) is 0 Å². The van der Waals surface area contributed by atoms with Crippen molar-refractivity contribution in [2.45, 2.75) is 52.6 Å². The van der Waals surface area contributed by atoms with Crippen molar-refractivity contribution in [1.29, 1.82) is 0 Å². The van der Waals surface area contributed by atoms with Gasteiger partial charge in [-0.15, -0.1) is 0 Å². The summed E-state index contributed by atoms with van der Waals surface area (Å²) in [6.45, 7) is 12.2. The average Bonchev–Trinajstić information content (AvgIpc) is 2.17. The number of hydrogen-bond acceptors (Lipinski definition) is 2. The summed E-state index contributed by atoms with van der Waals surface area (Å²) in [6, 6.07) is 0. The van der Waals surface area contributed by atoms with Crippen molar-refractivity contribution < 1.29 is 9.53 Å². The Hall–Kier alpha value is -0.630. The molecule has 0 saturated carbocycles. The number of ketones is 1. The molecule has 0 aromatic heterocycles. The van der Waals surface area contributed by atoms with Crippen molar-refractivity contribution in [3.63, 3.8) is 0 Å². The van der Waals surface area contributed by atoms with E-state index < -0.39 is 5.60 Å². The fraction of sp³-hybridized carbons (Fsp3) is 0.750. The molecule has 0 aromatic rings. The van der Waals surface area contributed by atoms with Gasteiger partial charge in [0.05, 0.1) is 0 Å². The first kappa shape index (κ1) is 13.4. The van der Waals surface area contributed by atoms with Crippen LogP contribution in [0.5, 0.6) is 0 Å². The van der Waals surface area contributed by atoms with Gasteiger partial charge >= 0.3 is 0 Å². The molecule has 0 spiro atoms. The third-order valence-electron chi connectivity index (χ3n) is 2.64. The second-order valence-corrected chi connectivity index (χ2v) is 3.72. The lowest BCUT2D eigenvalue weighted by molar-refractivity contribution is -0.141. The van der Waals surface area contributed by atoms with Gasteiger partial charge < -0.3 is 4.74 Å². The van der Waals surface area contributed by atoms with Crippen molar-refractivity contribution in [3.8, 4) is 0 Å². The molecule has 0 rings (SSSR count). The van der Waals surface area contributed by atoms with Crippen LogP contribution in [0, 0.1) is 0 Å². The minimum atomic E-state index is -0.618. The Morgan fingerprint density at radius 1 is 1.36 bits per heavy atom. The SMILES string of the molecule is C=C(CC)CC(=O)C(C)(CC)OCC. The van der Waals surface area contributed by atoms with Crippen molar-refractivity contribution in [2.24, 2.45) is 0 Å². The van der Waals surface area contributed by atoms with Crippen LogP contribution in [-0.4, -0.2) is 18.0 Å². The van der Waals surface area contributed by atoms with Gasteiger partial charge in [-0.25, -0.2) is 0 Å². The number of ether oxygens (including phenoxy) is 1. The molecule has 14 heavy (non-hydrogen) atoms. The van der Waals surface area contributed by atoms with Gasteiger partial charge in [0.1, 0.15) is 5.60 Å². The molecule has 1 unspecified atom stereocenters. The van der Waals surface area contributed by atoms with Crippen LogP contribution in [0.3, 0.4) is 0 Å². The number of allylic oxidation sites excluding steroid dienone is 1. The standard InChI is InChI=1S/C12H22O2/c1-6-10(4)9-11(13)12(5,7-2)14-8-3/h4,6-9H2,1-3,5H3. The molecule has 0 aliphatic rings. The van der Waals surface area contributed by atoms with Gasteiger partial charge in [-0.3, -0.25) is 4.79 Å². The molecule has 0 saturated heterocycles. The Labute approximate surface area is 87.3 Å². The summed E-state index contributed by atoms with van der Waals surface area (Å²) >= 11 is 0. The fourth-order valence-corrected chi connectivity index (χ4v) is 1.24. The van der Waals surface area contributed by atoms with Crippen LogP contribution >= 0.6 is 0 Å². The van der Waals surface area contributed by atoms with Gasteiger partial charge in [0, 0.05) is 13.0 Å². The third-order valence-corrected chi connectivity index (χ3v) is 2.64. The normalized spacial score (nSPS) is 14.9. The van der Waals surface area contributed by atoms with E-state index in [-0.39, 0.29) is 5.78 Å². The molecule has 82 valence electrons. The minimum Gasteiger partial charge on any atom is -0.368 e. The van der Waals surface area contributed by atoms with Crippen molar-refractivity contribution >= 4 is 5.78 Å². The topological polar surface area (TPSA) is 26.3 Å². The van der Waals surface area contributed by atoms with E-state index in [0.29, 0.717) is 13.0 Å². The maximum Gasteiger partial charge on any atom is 0.168 e. The van der Waals surface area contributed by atoms with Crippen molar-refractivity contribution in [2.75, 3.05) is 6.61 Å². The predicted molar refractivity (Wildman–Crippen MR) is 59.4 cm³/mol. The van der Waals surface area contributed by atoms with Crippen LogP contribution in [0.2, 0.25) is 0 Å². The summed E-state index contributed by atoms with van der Waals surface area (Å²) in [5.74, 6) is 0.147. The highest BCUT2D eigenvalue weighted by Crippen LogP contribution is 2.20. The molecule has 0 radical (unpaired) electrons. The summed E-state index contributed by atoms with van der Waals surface area (Å²) < 4.78 is 5.50. The lowest BCUT2D eigenvalue weighted by Gasteiger charge is -2.26. The fourth-order valence-electron chi connectivity index (χ4n) is 1.24. The number of hydrogen-bond donors (Lipinski definition) is 0. The van der Waals surface area contributed by atoms with E-state index in [1.54, 1.807) is 0 Å². The molecular weight excluding hydrogens is 176 g/mol. The summed E-state index contributed by atoms with van der Waals surface area (Å²) in [4.78, 5) is 11.9. The molecule has 0 aromatic carbocycles. The number of carbonyl (C=O) groups excluding carboxylic acids is 1. The summed E-state index contributed by atoms with van der Waals surface area (Å²) in [5.41, 5.74) is 0.363. The molecule has 0 N–H and O–H groups in total. The van der Waals surface area contributed by atoms with Crippen LogP contribution in [0.25, 0.3) is 0 Å². The lowest BCUT2D eigenvalue weighted by Crippen LogP contribution is -2.37. The van der Waals surface area contributed by atoms with Crippen molar-refractivity contribution in [1.82, 2.24) is 0 Å². The largest absolute Gasteiger partial charge is 0.368 e. The number of carbonyl (C=O) groups is 1. The smallest absolute Gasteiger partial charge is 0.168 e. The van der Waals surface area contributed by atoms with Crippen LogP contribution in [0.4, 0.5) is 0 Å². The first-order valence-corrected chi connectivity index (χ1v) is 5.34. The van der Waals surface area contributed by atoms with E-state index in [9.17, 15) is 4.79 Å². The van der Waals surface area contributed by atoms with E-state index in [4.69, 9.17) is 4.74 Å². The summed E-state index contributed by atoms with van der Waals surface area (Å²) in [5, 5.41) is 0. The highest BCUT2D eigenvalue weighted by atomic mass is 16.5. The van der Waals surface area contributed by atoms with E-state index in [1.165, 1.54) is 0 Å². The second kappa shape index (κ2) is 5.97. The molecule has 0 fully saturated rings. The van der Waals surface area contributed by atoms with Crippen LogP contribution < -0.4 is 0 Å². The highest BCUT2D eigenvalue weighted by molar-refractivity contribution is 5.88. The average molecular weight is 198 g/mol. The summed E-state index contributed by atoms with van der Waals surface area (Å²) in [7, 11) is 0. The Morgan fingerprint density at radius 3 is 2.29 bits per heavy atom. The maximum atomic E-state index is 11.9. The Bertz CT molecular complexity index is 208. The van der Waals surface area contributed by atoms with Gasteiger partial charge in [-0.05, 0) is 26.7 Å². The van der Waals surface area contributed by atoms with Gasteiger partial charge in [-0.2, -0.15) is 0 Å². The van der Waals surface area contributed by atoms with Crippen LogP contribution in [0.1, 0.15) is 47.0 Å². The van der Waals surface area contributed by atoms with Crippen molar-refractivity contribution in [3.05, 3.63) is 12.2 Å². The second-order valence-electron chi connectivity index (χ2n) is 3.72. The van der Waals surface area contributed by atoms with E-state index >= 15 is 0 Å². The van der Waals surface area contributed by atoms with Gasteiger partial charge in [0.15, 0.2) is 5.78 Å². The minimum absolute atomic E-state index is 0.147. The first-order valence-electron chi connectivity index (χ1n) is 5.34. The zero-order chi connectivity index (χ0) is 11.2. The molecular formula is C12H22O2. The first-order chi connectivity index (χ1) is 6.50. The van der Waals surface area contributed by atoms with Crippen LogP contribution in [-0.2, 0) is 9.53 Å². The highest BCUT2D eigenvalue weighted by Gasteiger charge is 2.31. The lowest BCUT2D eigenvalue weighted by atomic mass is 9.92. The molecule has 1 atom stereocenters. The Morgan fingerprint density at radius 2 is 1.93 bits per heavy atom. The molecule has 2 nitrogen and oxygen atoms in total. The maximum absolute atomic E-state index is 11.9. The van der Waals surface area contributed by atoms with Gasteiger partial charge in [-0.1, -0.05) is 26.0 Å². The molecule has 0 bridgehead atoms. The zero-order valence-electron chi connectivity index (χ0n) is 9.85. The molecule has 0 aliphatic carbocycles. The predicted octanol–water partition coefficient (Wildman–Crippen LogP) is 3.12. The Kier molecular flexibility index (Phi) is 5.70. The molecule has 0 amide bonds. The number of rotatable bonds is 7. The van der Waals surface area contributed by atoms with Crippen LogP contribution in [0.15, 0.2) is 12.2 Å². The zero-order valence-corrected chi connectivity index (χ0v) is 9.85. The molecule has 0 heterocycles. The monoisotopic (exact) mass is 198 g/mol. The quantitative estimate of drug-likeness (QED) is 0.587.